The Balaban J connectivity index is 2.73. The Morgan fingerprint density at radius 1 is 1.11 bits per heavy atom. The van der Waals surface area contributed by atoms with Crippen LogP contribution in [0.15, 0.2) is 23.0 Å². The first kappa shape index (κ1) is 12.9. The van der Waals surface area contributed by atoms with Gasteiger partial charge in [-0.2, -0.15) is 0 Å². The number of imidazole rings is 1. The van der Waals surface area contributed by atoms with Crippen LogP contribution in [0, 0.1) is 0 Å². The van der Waals surface area contributed by atoms with Gasteiger partial charge in [-0.3, -0.25) is 9.13 Å². The lowest BCUT2D eigenvalue weighted by Crippen LogP contribution is -2.23. The van der Waals surface area contributed by atoms with Gasteiger partial charge in [0.2, 0.25) is 0 Å². The highest BCUT2D eigenvalue weighted by Crippen LogP contribution is 2.22. The first-order chi connectivity index (χ1) is 8.63. The number of fused-ring (bicyclic) bond motifs is 1. The van der Waals surface area contributed by atoms with Crippen LogP contribution in [0.5, 0.6) is 0 Å². The number of benzene rings is 1. The van der Waals surface area contributed by atoms with Crippen LogP contribution in [-0.4, -0.2) is 14.2 Å². The van der Waals surface area contributed by atoms with E-state index in [0.29, 0.717) is 19.5 Å². The van der Waals surface area contributed by atoms with Crippen molar-refractivity contribution in [1.29, 1.82) is 0 Å². The largest absolute Gasteiger partial charge is 0.388 e. The van der Waals surface area contributed by atoms with E-state index in [1.54, 1.807) is 9.13 Å². The summed E-state index contributed by atoms with van der Waals surface area (Å²) in [5, 5.41) is 9.89. The minimum atomic E-state index is -0.459. The molecule has 0 bridgehead atoms. The number of aliphatic hydroxyl groups excluding tert-OH is 1. The normalized spacial score (nSPS) is 13.1. The van der Waals surface area contributed by atoms with Crippen LogP contribution in [0.25, 0.3) is 11.0 Å². The van der Waals surface area contributed by atoms with Gasteiger partial charge in [-0.25, -0.2) is 4.79 Å². The molecule has 2 aromatic rings. The van der Waals surface area contributed by atoms with Gasteiger partial charge >= 0.3 is 5.69 Å². The molecule has 0 amide bonds. The quantitative estimate of drug-likeness (QED) is 0.902. The number of aliphatic hydroxyl groups is 1. The first-order valence-corrected chi connectivity index (χ1v) is 6.55. The Morgan fingerprint density at radius 2 is 1.72 bits per heavy atom. The van der Waals surface area contributed by atoms with E-state index in [9.17, 15) is 9.90 Å². The third-order valence-corrected chi connectivity index (χ3v) is 3.45. The van der Waals surface area contributed by atoms with Gasteiger partial charge in [0.15, 0.2) is 0 Å². The molecular formula is C14H20N2O2. The fraction of sp³-hybridized carbons (Fsp3) is 0.500. The smallest absolute Gasteiger partial charge is 0.329 e. The van der Waals surface area contributed by atoms with Crippen molar-refractivity contribution in [3.8, 4) is 0 Å². The third kappa shape index (κ3) is 1.86. The summed E-state index contributed by atoms with van der Waals surface area (Å²) in [6.45, 7) is 7.18. The predicted molar refractivity (Wildman–Crippen MR) is 72.8 cm³/mol. The molecule has 1 unspecified atom stereocenters. The van der Waals surface area contributed by atoms with Crippen molar-refractivity contribution in [3.63, 3.8) is 0 Å². The van der Waals surface area contributed by atoms with Gasteiger partial charge in [-0.1, -0.05) is 13.0 Å². The third-order valence-electron chi connectivity index (χ3n) is 3.45. The molecule has 0 radical (unpaired) electrons. The SMILES string of the molecule is CCC(O)c1ccc2c(c1)n(CC)c(=O)n2CC. The lowest BCUT2D eigenvalue weighted by atomic mass is 10.1. The highest BCUT2D eigenvalue weighted by Gasteiger charge is 2.13. The second-order valence-electron chi connectivity index (χ2n) is 4.44. The number of aromatic nitrogens is 2. The number of aryl methyl sites for hydroxylation is 2. The molecule has 1 aromatic heterocycles. The van der Waals surface area contributed by atoms with Crippen LogP contribution in [0.4, 0.5) is 0 Å². The van der Waals surface area contributed by atoms with Gasteiger partial charge in [0.05, 0.1) is 17.1 Å². The molecular weight excluding hydrogens is 228 g/mol. The molecule has 98 valence electrons. The molecule has 1 N–H and O–H groups in total. The van der Waals surface area contributed by atoms with Gasteiger partial charge in [-0.15, -0.1) is 0 Å². The Labute approximate surface area is 106 Å². The second-order valence-corrected chi connectivity index (χ2v) is 4.44. The molecule has 0 saturated carbocycles. The zero-order chi connectivity index (χ0) is 13.3. The van der Waals surface area contributed by atoms with Crippen LogP contribution in [0.2, 0.25) is 0 Å². The highest BCUT2D eigenvalue weighted by molar-refractivity contribution is 5.77. The van der Waals surface area contributed by atoms with Crippen LogP contribution in [-0.2, 0) is 13.1 Å². The van der Waals surface area contributed by atoms with Crippen molar-refractivity contribution in [2.45, 2.75) is 46.4 Å². The molecule has 0 fully saturated rings. The number of hydrogen-bond donors (Lipinski definition) is 1. The highest BCUT2D eigenvalue weighted by atomic mass is 16.3. The van der Waals surface area contributed by atoms with Crippen LogP contribution < -0.4 is 5.69 Å². The Morgan fingerprint density at radius 3 is 2.28 bits per heavy atom. The minimum absolute atomic E-state index is 0.0261. The summed E-state index contributed by atoms with van der Waals surface area (Å²) in [7, 11) is 0. The summed E-state index contributed by atoms with van der Waals surface area (Å²) in [5.41, 5.74) is 2.75. The van der Waals surface area contributed by atoms with Gasteiger partial charge in [0.1, 0.15) is 0 Å². The van der Waals surface area contributed by atoms with Crippen molar-refractivity contribution < 1.29 is 5.11 Å². The van der Waals surface area contributed by atoms with E-state index in [1.807, 2.05) is 39.0 Å². The molecule has 1 aromatic carbocycles. The second kappa shape index (κ2) is 4.98. The summed E-state index contributed by atoms with van der Waals surface area (Å²) in [6, 6.07) is 5.77. The summed E-state index contributed by atoms with van der Waals surface area (Å²) in [4.78, 5) is 12.2. The Kier molecular flexibility index (Phi) is 3.57. The molecule has 0 aliphatic carbocycles. The maximum absolute atomic E-state index is 12.2. The van der Waals surface area contributed by atoms with Gasteiger partial charge in [0, 0.05) is 13.1 Å². The molecule has 18 heavy (non-hydrogen) atoms. The number of hydrogen-bond acceptors (Lipinski definition) is 2. The summed E-state index contributed by atoms with van der Waals surface area (Å²) in [6.07, 6.45) is 0.218. The number of nitrogens with zero attached hydrogens (tertiary/aromatic N) is 2. The molecule has 4 heteroatoms. The number of rotatable bonds is 4. The predicted octanol–water partition coefficient (Wildman–Crippen LogP) is 2.29. The van der Waals surface area contributed by atoms with Crippen molar-refractivity contribution in [1.82, 2.24) is 9.13 Å². The maximum Gasteiger partial charge on any atom is 0.329 e. The lowest BCUT2D eigenvalue weighted by Gasteiger charge is -2.08. The Bertz CT molecular complexity index is 610. The standard InChI is InChI=1S/C14H20N2O2/c1-4-13(17)10-7-8-11-12(9-10)16(6-3)14(18)15(11)5-2/h7-9,13,17H,4-6H2,1-3H3. The van der Waals surface area contributed by atoms with E-state index in [-0.39, 0.29) is 5.69 Å². The van der Waals surface area contributed by atoms with Gasteiger partial charge in [-0.05, 0) is 38.0 Å². The van der Waals surface area contributed by atoms with Crippen LogP contribution in [0.1, 0.15) is 38.9 Å². The van der Waals surface area contributed by atoms with Crippen LogP contribution in [0.3, 0.4) is 0 Å². The molecule has 4 nitrogen and oxygen atoms in total. The van der Waals surface area contributed by atoms with E-state index in [4.69, 9.17) is 0 Å². The average Bonchev–Trinajstić information content (AvgIpc) is 2.67. The molecule has 0 aliphatic rings. The zero-order valence-corrected chi connectivity index (χ0v) is 11.2. The van der Waals surface area contributed by atoms with E-state index in [0.717, 1.165) is 16.6 Å². The van der Waals surface area contributed by atoms with E-state index < -0.39 is 6.10 Å². The molecule has 1 atom stereocenters. The minimum Gasteiger partial charge on any atom is -0.388 e. The molecule has 0 saturated heterocycles. The van der Waals surface area contributed by atoms with Crippen molar-refractivity contribution in [2.24, 2.45) is 0 Å². The maximum atomic E-state index is 12.2. The first-order valence-electron chi connectivity index (χ1n) is 6.55. The van der Waals surface area contributed by atoms with Crippen LogP contribution >= 0.6 is 0 Å². The van der Waals surface area contributed by atoms with E-state index in [2.05, 4.69) is 0 Å². The monoisotopic (exact) mass is 248 g/mol. The summed E-state index contributed by atoms with van der Waals surface area (Å²) in [5.74, 6) is 0. The molecule has 1 heterocycles. The Hall–Kier alpha value is -1.55. The molecule has 0 spiro atoms. The molecule has 0 aliphatic heterocycles. The van der Waals surface area contributed by atoms with Crippen molar-refractivity contribution in [3.05, 3.63) is 34.2 Å². The fourth-order valence-electron chi connectivity index (χ4n) is 2.39. The van der Waals surface area contributed by atoms with Crippen molar-refractivity contribution >= 4 is 11.0 Å². The van der Waals surface area contributed by atoms with E-state index in [1.165, 1.54) is 0 Å². The summed E-state index contributed by atoms with van der Waals surface area (Å²) >= 11 is 0. The lowest BCUT2D eigenvalue weighted by molar-refractivity contribution is 0.174. The summed E-state index contributed by atoms with van der Waals surface area (Å²) < 4.78 is 3.52. The molecule has 2 rings (SSSR count). The van der Waals surface area contributed by atoms with Gasteiger partial charge in [0.25, 0.3) is 0 Å². The van der Waals surface area contributed by atoms with E-state index >= 15 is 0 Å². The topological polar surface area (TPSA) is 47.2 Å². The zero-order valence-electron chi connectivity index (χ0n) is 11.2. The van der Waals surface area contributed by atoms with Crippen molar-refractivity contribution in [2.75, 3.05) is 0 Å². The average molecular weight is 248 g/mol. The van der Waals surface area contributed by atoms with Gasteiger partial charge < -0.3 is 5.11 Å². The fourth-order valence-corrected chi connectivity index (χ4v) is 2.39.